The Labute approximate surface area is 145 Å². The molecule has 0 saturated carbocycles. The summed E-state index contributed by atoms with van der Waals surface area (Å²) in [6.45, 7) is 2.30. The maximum absolute atomic E-state index is 12.0. The van der Waals surface area contributed by atoms with Gasteiger partial charge in [0.1, 0.15) is 11.5 Å². The maximum Gasteiger partial charge on any atom is 0.319 e. The van der Waals surface area contributed by atoms with Gasteiger partial charge in [-0.3, -0.25) is 0 Å². The number of amides is 2. The molecule has 3 aromatic rings. The first-order valence-electron chi connectivity index (χ1n) is 7.96. The molecule has 6 heteroatoms. The molecule has 0 bridgehead atoms. The number of hydrogen-bond donors (Lipinski definition) is 3. The number of oxazole rings is 1. The number of anilines is 1. The lowest BCUT2D eigenvalue weighted by Gasteiger charge is -2.08. The van der Waals surface area contributed by atoms with Gasteiger partial charge in [0.05, 0.1) is 6.20 Å². The van der Waals surface area contributed by atoms with Crippen molar-refractivity contribution in [3.05, 3.63) is 66.1 Å². The number of nitrogens with one attached hydrogen (secondary N) is 2. The van der Waals surface area contributed by atoms with E-state index < -0.39 is 0 Å². The van der Waals surface area contributed by atoms with Crippen LogP contribution in [-0.2, 0) is 6.42 Å². The second kappa shape index (κ2) is 7.53. The average molecular weight is 337 g/mol. The second-order valence-corrected chi connectivity index (χ2v) is 5.66. The molecule has 0 spiro atoms. The lowest BCUT2D eigenvalue weighted by Crippen LogP contribution is -2.30. The van der Waals surface area contributed by atoms with Gasteiger partial charge in [-0.15, -0.1) is 0 Å². The van der Waals surface area contributed by atoms with E-state index in [-0.39, 0.29) is 11.8 Å². The first-order chi connectivity index (χ1) is 12.1. The molecule has 3 N–H and O–H groups in total. The van der Waals surface area contributed by atoms with E-state index in [0.717, 1.165) is 16.9 Å². The van der Waals surface area contributed by atoms with Gasteiger partial charge in [0.25, 0.3) is 0 Å². The Bertz CT molecular complexity index is 874. The number of hydrogen-bond acceptors (Lipinski definition) is 4. The molecule has 0 aliphatic heterocycles. The highest BCUT2D eigenvalue weighted by molar-refractivity contribution is 5.89. The molecule has 2 aromatic carbocycles. The first kappa shape index (κ1) is 16.6. The van der Waals surface area contributed by atoms with Crippen molar-refractivity contribution in [2.75, 3.05) is 11.9 Å². The van der Waals surface area contributed by atoms with Crippen LogP contribution in [0.15, 0.2) is 59.1 Å². The van der Waals surface area contributed by atoms with Crippen LogP contribution in [0.2, 0.25) is 0 Å². The van der Waals surface area contributed by atoms with Gasteiger partial charge < -0.3 is 20.2 Å². The fourth-order valence-electron chi connectivity index (χ4n) is 2.43. The van der Waals surface area contributed by atoms with Crippen LogP contribution in [0.4, 0.5) is 10.5 Å². The number of carbonyl (C=O) groups excluding carboxylic acids is 1. The van der Waals surface area contributed by atoms with Gasteiger partial charge in [0, 0.05) is 17.8 Å². The summed E-state index contributed by atoms with van der Waals surface area (Å²) in [5.74, 6) is 1.48. The zero-order valence-corrected chi connectivity index (χ0v) is 13.8. The smallest absolute Gasteiger partial charge is 0.319 e. The molecular weight excluding hydrogens is 318 g/mol. The van der Waals surface area contributed by atoms with Crippen LogP contribution in [0.25, 0.3) is 11.5 Å². The minimum Gasteiger partial charge on any atom is -0.508 e. The van der Waals surface area contributed by atoms with Crippen molar-refractivity contribution in [2.45, 2.75) is 13.3 Å². The second-order valence-electron chi connectivity index (χ2n) is 5.66. The van der Waals surface area contributed by atoms with Crippen LogP contribution in [0.1, 0.15) is 11.3 Å². The normalized spacial score (nSPS) is 10.4. The van der Waals surface area contributed by atoms with Crippen LogP contribution in [0.5, 0.6) is 5.75 Å². The molecule has 0 unspecified atom stereocenters. The number of nitrogens with zero attached hydrogens (tertiary/aromatic N) is 1. The minimum atomic E-state index is -0.291. The van der Waals surface area contributed by atoms with Crippen molar-refractivity contribution in [1.29, 1.82) is 0 Å². The Morgan fingerprint density at radius 2 is 2.04 bits per heavy atom. The Morgan fingerprint density at radius 3 is 2.80 bits per heavy atom. The molecule has 0 fully saturated rings. The number of urea groups is 1. The number of aromatic hydroxyl groups is 1. The maximum atomic E-state index is 12.0. The Balaban J connectivity index is 1.54. The number of phenols is 1. The molecule has 0 radical (unpaired) electrons. The van der Waals surface area contributed by atoms with Crippen molar-refractivity contribution in [1.82, 2.24) is 10.3 Å². The summed E-state index contributed by atoms with van der Waals surface area (Å²) in [4.78, 5) is 16.2. The highest BCUT2D eigenvalue weighted by atomic mass is 16.4. The molecule has 1 heterocycles. The Kier molecular flexibility index (Phi) is 4.99. The molecule has 128 valence electrons. The quantitative estimate of drug-likeness (QED) is 0.662. The molecule has 0 saturated heterocycles. The third kappa shape index (κ3) is 4.60. The van der Waals surface area contributed by atoms with Crippen LogP contribution in [0.3, 0.4) is 0 Å². The van der Waals surface area contributed by atoms with Crippen molar-refractivity contribution < 1.29 is 14.3 Å². The number of rotatable bonds is 5. The summed E-state index contributed by atoms with van der Waals surface area (Å²) in [7, 11) is 0. The van der Waals surface area contributed by atoms with Crippen LogP contribution in [-0.4, -0.2) is 22.7 Å². The largest absolute Gasteiger partial charge is 0.508 e. The van der Waals surface area contributed by atoms with Gasteiger partial charge in [0.15, 0.2) is 0 Å². The van der Waals surface area contributed by atoms with E-state index in [0.29, 0.717) is 24.5 Å². The van der Waals surface area contributed by atoms with Gasteiger partial charge in [-0.05, 0) is 49.2 Å². The number of carbonyl (C=O) groups is 1. The molecule has 0 aliphatic carbocycles. The standard InChI is InChI=1S/C19H19N3O3/c1-13-12-21-18(25-13)15-5-3-6-16(11-15)22-19(24)20-9-8-14-4-2-7-17(23)10-14/h2-7,10-12,23H,8-9H2,1H3,(H2,20,22,24). The Hall–Kier alpha value is -3.28. The molecule has 0 aliphatic rings. The minimum absolute atomic E-state index is 0.223. The van der Waals surface area contributed by atoms with E-state index in [1.54, 1.807) is 36.5 Å². The fourth-order valence-corrected chi connectivity index (χ4v) is 2.43. The van der Waals surface area contributed by atoms with E-state index >= 15 is 0 Å². The van der Waals surface area contributed by atoms with E-state index in [1.807, 2.05) is 25.1 Å². The predicted molar refractivity (Wildman–Crippen MR) is 95.5 cm³/mol. The monoisotopic (exact) mass is 337 g/mol. The summed E-state index contributed by atoms with van der Waals surface area (Å²) in [5, 5.41) is 15.0. The molecule has 3 rings (SSSR count). The van der Waals surface area contributed by atoms with E-state index in [2.05, 4.69) is 15.6 Å². The molecule has 25 heavy (non-hydrogen) atoms. The SMILES string of the molecule is Cc1cnc(-c2cccc(NC(=O)NCCc3cccc(O)c3)c2)o1. The van der Waals surface area contributed by atoms with Crippen molar-refractivity contribution in [2.24, 2.45) is 0 Å². The summed E-state index contributed by atoms with van der Waals surface area (Å²) in [6.07, 6.45) is 2.29. The lowest BCUT2D eigenvalue weighted by molar-refractivity contribution is 0.252. The van der Waals surface area contributed by atoms with Crippen molar-refractivity contribution in [3.8, 4) is 17.2 Å². The predicted octanol–water partition coefficient (Wildman–Crippen LogP) is 3.72. The van der Waals surface area contributed by atoms with Crippen molar-refractivity contribution >= 4 is 11.7 Å². The van der Waals surface area contributed by atoms with Gasteiger partial charge in [0.2, 0.25) is 5.89 Å². The third-order valence-electron chi connectivity index (χ3n) is 3.60. The number of aryl methyl sites for hydroxylation is 1. The number of aromatic nitrogens is 1. The van der Waals surface area contributed by atoms with Crippen LogP contribution >= 0.6 is 0 Å². The summed E-state index contributed by atoms with van der Waals surface area (Å²) >= 11 is 0. The highest BCUT2D eigenvalue weighted by Gasteiger charge is 2.07. The van der Waals surface area contributed by atoms with Crippen molar-refractivity contribution in [3.63, 3.8) is 0 Å². The number of phenolic OH excluding ortho intramolecular Hbond substituents is 1. The zero-order chi connectivity index (χ0) is 17.6. The molecule has 1 aromatic heterocycles. The summed E-state index contributed by atoms with van der Waals surface area (Å²) < 4.78 is 5.49. The summed E-state index contributed by atoms with van der Waals surface area (Å²) in [6, 6.07) is 14.0. The molecule has 6 nitrogen and oxygen atoms in total. The lowest BCUT2D eigenvalue weighted by atomic mass is 10.1. The van der Waals surface area contributed by atoms with E-state index in [9.17, 15) is 9.90 Å². The number of benzene rings is 2. The average Bonchev–Trinajstić information content (AvgIpc) is 3.02. The van der Waals surface area contributed by atoms with E-state index in [1.165, 1.54) is 0 Å². The van der Waals surface area contributed by atoms with Gasteiger partial charge in [-0.1, -0.05) is 18.2 Å². The topological polar surface area (TPSA) is 87.4 Å². The first-order valence-corrected chi connectivity index (χ1v) is 7.96. The van der Waals surface area contributed by atoms with Gasteiger partial charge in [-0.25, -0.2) is 9.78 Å². The van der Waals surface area contributed by atoms with Gasteiger partial charge >= 0.3 is 6.03 Å². The highest BCUT2D eigenvalue weighted by Crippen LogP contribution is 2.22. The fraction of sp³-hybridized carbons (Fsp3) is 0.158. The zero-order valence-electron chi connectivity index (χ0n) is 13.8. The summed E-state index contributed by atoms with van der Waals surface area (Å²) in [5.41, 5.74) is 2.41. The van der Waals surface area contributed by atoms with Crippen LogP contribution in [0, 0.1) is 6.92 Å². The molecule has 0 atom stereocenters. The van der Waals surface area contributed by atoms with Gasteiger partial charge in [-0.2, -0.15) is 0 Å². The molecular formula is C19H19N3O3. The Morgan fingerprint density at radius 1 is 1.20 bits per heavy atom. The van der Waals surface area contributed by atoms with E-state index in [4.69, 9.17) is 4.42 Å². The third-order valence-corrected chi connectivity index (χ3v) is 3.60. The molecule has 2 amide bonds. The van der Waals surface area contributed by atoms with Crippen LogP contribution < -0.4 is 10.6 Å².